The van der Waals surface area contributed by atoms with Crippen LogP contribution < -0.4 is 9.47 Å². The van der Waals surface area contributed by atoms with Crippen molar-refractivity contribution in [1.82, 2.24) is 0 Å². The fraction of sp³-hybridized carbons (Fsp3) is 0.517. The molecule has 1 atom stereocenters. The Balaban J connectivity index is 1.40. The van der Waals surface area contributed by atoms with Gasteiger partial charge >= 0.3 is 11.9 Å². The van der Waals surface area contributed by atoms with Crippen molar-refractivity contribution in [2.45, 2.75) is 83.9 Å². The largest absolute Gasteiger partial charge is 0.491 e. The number of carbonyl (C=O) groups is 2. The number of aryl methyl sites for hydroxylation is 1. The molecule has 1 fully saturated rings. The van der Waals surface area contributed by atoms with Crippen LogP contribution in [0.25, 0.3) is 0 Å². The first-order chi connectivity index (χ1) is 17.4. The van der Waals surface area contributed by atoms with Crippen molar-refractivity contribution in [3.8, 4) is 11.5 Å². The summed E-state index contributed by atoms with van der Waals surface area (Å²) in [6.07, 6.45) is 5.46. The zero-order valence-corrected chi connectivity index (χ0v) is 21.1. The van der Waals surface area contributed by atoms with Crippen LogP contribution in [0.3, 0.4) is 0 Å². The fourth-order valence-electron chi connectivity index (χ4n) is 4.44. The van der Waals surface area contributed by atoms with Gasteiger partial charge in [-0.3, -0.25) is 0 Å². The predicted molar refractivity (Wildman–Crippen MR) is 134 cm³/mol. The third-order valence-corrected chi connectivity index (χ3v) is 6.59. The van der Waals surface area contributed by atoms with Crippen molar-refractivity contribution in [3.05, 3.63) is 59.4 Å². The Morgan fingerprint density at radius 3 is 2.39 bits per heavy atom. The van der Waals surface area contributed by atoms with Crippen molar-refractivity contribution in [1.29, 1.82) is 0 Å². The summed E-state index contributed by atoms with van der Waals surface area (Å²) < 4.78 is 43.8. The van der Waals surface area contributed by atoms with E-state index in [0.717, 1.165) is 56.6 Å². The van der Waals surface area contributed by atoms with Crippen LogP contribution in [-0.2, 0) is 16.0 Å². The van der Waals surface area contributed by atoms with Gasteiger partial charge in [0.25, 0.3) is 0 Å². The average molecular weight is 503 g/mol. The lowest BCUT2D eigenvalue weighted by Crippen LogP contribution is -2.29. The van der Waals surface area contributed by atoms with Crippen molar-refractivity contribution >= 4 is 11.9 Å². The lowest BCUT2D eigenvalue weighted by Gasteiger charge is -2.28. The Morgan fingerprint density at radius 1 is 1.03 bits per heavy atom. The Morgan fingerprint density at radius 2 is 1.75 bits per heavy atom. The molecule has 1 aliphatic carbocycles. The van der Waals surface area contributed by atoms with Gasteiger partial charge < -0.3 is 14.2 Å². The van der Waals surface area contributed by atoms with Gasteiger partial charge in [-0.15, -0.1) is 0 Å². The number of hydrogen-bond acceptors (Lipinski definition) is 5. The maximum atomic E-state index is 14.0. The Bertz CT molecular complexity index is 984. The van der Waals surface area contributed by atoms with Gasteiger partial charge in [-0.2, -0.15) is 0 Å². The van der Waals surface area contributed by atoms with Crippen molar-refractivity contribution in [3.63, 3.8) is 0 Å². The minimum atomic E-state index is -1.51. The minimum absolute atomic E-state index is 0.101. The van der Waals surface area contributed by atoms with Crippen molar-refractivity contribution in [2.75, 3.05) is 6.61 Å². The van der Waals surface area contributed by atoms with Crippen LogP contribution in [0.5, 0.6) is 11.5 Å². The van der Waals surface area contributed by atoms with Gasteiger partial charge in [0.15, 0.2) is 17.7 Å². The van der Waals surface area contributed by atoms with E-state index in [4.69, 9.17) is 14.2 Å². The van der Waals surface area contributed by atoms with E-state index in [1.54, 1.807) is 19.1 Å². The molecule has 36 heavy (non-hydrogen) atoms. The number of benzene rings is 2. The molecule has 0 bridgehead atoms. The Hall–Kier alpha value is -2.96. The third-order valence-electron chi connectivity index (χ3n) is 6.59. The Labute approximate surface area is 212 Å². The fourth-order valence-corrected chi connectivity index (χ4v) is 4.44. The zero-order chi connectivity index (χ0) is 25.9. The molecule has 2 aromatic carbocycles. The summed E-state index contributed by atoms with van der Waals surface area (Å²) in [4.78, 5) is 24.2. The van der Waals surface area contributed by atoms with Crippen molar-refractivity contribution < 1.29 is 32.6 Å². The predicted octanol–water partition coefficient (Wildman–Crippen LogP) is 7.01. The second kappa shape index (κ2) is 14.0. The molecule has 0 spiro atoms. The smallest absolute Gasteiger partial charge is 0.343 e. The summed E-state index contributed by atoms with van der Waals surface area (Å²) in [7, 11) is 0. The molecule has 0 heterocycles. The molecule has 196 valence electrons. The molecule has 3 rings (SSSR count). The molecular formula is C29H36F2O5. The van der Waals surface area contributed by atoms with Gasteiger partial charge in [0.2, 0.25) is 0 Å². The first-order valence-corrected chi connectivity index (χ1v) is 13.0. The highest BCUT2D eigenvalue weighted by molar-refractivity contribution is 5.91. The van der Waals surface area contributed by atoms with Gasteiger partial charge in [-0.25, -0.2) is 18.4 Å². The third kappa shape index (κ3) is 8.32. The molecule has 1 aliphatic rings. The van der Waals surface area contributed by atoms with E-state index in [1.807, 2.05) is 19.1 Å². The molecule has 1 saturated carbocycles. The van der Waals surface area contributed by atoms with E-state index in [-0.39, 0.29) is 23.8 Å². The molecule has 0 aromatic heterocycles. The second-order valence-electron chi connectivity index (χ2n) is 9.34. The van der Waals surface area contributed by atoms with E-state index >= 15 is 0 Å². The standard InChI is InChI=1S/C29H36F2O5/c1-3-5-6-25(30)29(33)36-24-16-11-21(12-17-24)8-7-20-9-14-23(15-10-20)35-28(32)22-13-18-27(34-4-2)26(31)19-22/h9-10,13-15,18-19,21,24-25H,3-8,11-12,16-17H2,1-2H3/t21-,24-,25-/m0/s1. The number of esters is 2. The number of carbonyl (C=O) groups excluding carboxylic acids is 2. The number of ether oxygens (including phenoxy) is 3. The van der Waals surface area contributed by atoms with Crippen LogP contribution >= 0.6 is 0 Å². The van der Waals surface area contributed by atoms with E-state index < -0.39 is 23.9 Å². The average Bonchev–Trinajstić information content (AvgIpc) is 2.88. The normalized spacial score (nSPS) is 18.3. The lowest BCUT2D eigenvalue weighted by atomic mass is 9.83. The summed E-state index contributed by atoms with van der Waals surface area (Å²) in [5.74, 6) is -0.915. The SMILES string of the molecule is CCCC[C@H](F)C(=O)O[C@H]1CC[C@H](CCc2ccc(OC(=O)c3ccc(OCC)c(F)c3)cc2)CC1. The first kappa shape index (κ1) is 27.6. The zero-order valence-electron chi connectivity index (χ0n) is 21.1. The number of halogens is 2. The topological polar surface area (TPSA) is 61.8 Å². The van der Waals surface area contributed by atoms with E-state index in [1.165, 1.54) is 12.1 Å². The van der Waals surface area contributed by atoms with Crippen molar-refractivity contribution in [2.24, 2.45) is 5.92 Å². The second-order valence-corrected chi connectivity index (χ2v) is 9.34. The van der Waals surface area contributed by atoms with Crippen LogP contribution in [-0.4, -0.2) is 30.8 Å². The maximum Gasteiger partial charge on any atom is 0.343 e. The molecule has 0 amide bonds. The molecule has 2 aromatic rings. The van der Waals surface area contributed by atoms with Gasteiger partial charge in [0, 0.05) is 0 Å². The van der Waals surface area contributed by atoms with Crippen LogP contribution in [0.2, 0.25) is 0 Å². The number of unbranched alkanes of at least 4 members (excludes halogenated alkanes) is 1. The molecule has 0 N–H and O–H groups in total. The molecule has 0 saturated heterocycles. The summed E-state index contributed by atoms with van der Waals surface area (Å²) >= 11 is 0. The monoisotopic (exact) mass is 502 g/mol. The Kier molecular flexibility index (Phi) is 10.7. The molecule has 0 radical (unpaired) electrons. The highest BCUT2D eigenvalue weighted by atomic mass is 19.1. The van der Waals surface area contributed by atoms with Crippen LogP contribution in [0.1, 0.15) is 81.1 Å². The summed E-state index contributed by atoms with van der Waals surface area (Å²) in [5, 5.41) is 0. The molecule has 0 aliphatic heterocycles. The number of hydrogen-bond donors (Lipinski definition) is 0. The van der Waals surface area contributed by atoms with Gasteiger partial charge in [-0.1, -0.05) is 31.9 Å². The summed E-state index contributed by atoms with van der Waals surface area (Å²) in [6, 6.07) is 11.3. The van der Waals surface area contributed by atoms with E-state index in [9.17, 15) is 18.4 Å². The summed E-state index contributed by atoms with van der Waals surface area (Å²) in [6.45, 7) is 4.06. The number of rotatable bonds is 12. The molecular weight excluding hydrogens is 466 g/mol. The van der Waals surface area contributed by atoms with Crippen LogP contribution in [0, 0.1) is 11.7 Å². The van der Waals surface area contributed by atoms with Crippen LogP contribution in [0.4, 0.5) is 8.78 Å². The molecule has 7 heteroatoms. The highest BCUT2D eigenvalue weighted by Crippen LogP contribution is 2.30. The van der Waals surface area contributed by atoms with Gasteiger partial charge in [0.1, 0.15) is 11.9 Å². The molecule has 5 nitrogen and oxygen atoms in total. The maximum absolute atomic E-state index is 14.0. The molecule has 0 unspecified atom stereocenters. The number of alkyl halides is 1. The quantitative estimate of drug-likeness (QED) is 0.231. The first-order valence-electron chi connectivity index (χ1n) is 13.0. The summed E-state index contributed by atoms with van der Waals surface area (Å²) in [5.41, 5.74) is 1.25. The van der Waals surface area contributed by atoms with Gasteiger partial charge in [-0.05, 0) is 93.7 Å². The van der Waals surface area contributed by atoms with E-state index in [0.29, 0.717) is 24.7 Å². The van der Waals surface area contributed by atoms with E-state index in [2.05, 4.69) is 0 Å². The van der Waals surface area contributed by atoms with Crippen LogP contribution in [0.15, 0.2) is 42.5 Å². The van der Waals surface area contributed by atoms with Gasteiger partial charge in [0.05, 0.1) is 12.2 Å². The highest BCUT2D eigenvalue weighted by Gasteiger charge is 2.27. The lowest BCUT2D eigenvalue weighted by molar-refractivity contribution is -0.157. The minimum Gasteiger partial charge on any atom is -0.491 e.